The van der Waals surface area contributed by atoms with Gasteiger partial charge in [-0.05, 0) is 18.2 Å². The summed E-state index contributed by atoms with van der Waals surface area (Å²) in [5, 5.41) is 51.9. The fraction of sp³-hybridized carbons (Fsp3) is 0.353. The van der Waals surface area contributed by atoms with Gasteiger partial charge in [-0.3, -0.25) is 4.57 Å². The molecule has 4 atom stereocenters. The highest BCUT2D eigenvalue weighted by molar-refractivity contribution is 5.82. The largest absolute Gasteiger partial charge is 0.508 e. The number of benzene rings is 1. The molecule has 0 spiro atoms. The zero-order valence-corrected chi connectivity index (χ0v) is 14.5. The molecule has 1 fully saturated rings. The highest BCUT2D eigenvalue weighted by Gasteiger charge is 2.44. The number of nitrogens with zero attached hydrogens (tertiary/aromatic N) is 4. The van der Waals surface area contributed by atoms with Crippen molar-refractivity contribution in [3.8, 4) is 11.5 Å². The van der Waals surface area contributed by atoms with E-state index in [1.165, 1.54) is 35.4 Å². The zero-order chi connectivity index (χ0) is 19.8. The number of aliphatic hydroxyl groups is 3. The van der Waals surface area contributed by atoms with Crippen LogP contribution in [0, 0.1) is 0 Å². The summed E-state index contributed by atoms with van der Waals surface area (Å²) in [7, 11) is 0. The second kappa shape index (κ2) is 7.20. The van der Waals surface area contributed by atoms with E-state index in [-0.39, 0.29) is 18.0 Å². The van der Waals surface area contributed by atoms with E-state index in [2.05, 4.69) is 20.3 Å². The van der Waals surface area contributed by atoms with Crippen molar-refractivity contribution in [3.05, 3.63) is 36.4 Å². The molecule has 28 heavy (non-hydrogen) atoms. The molecule has 3 heterocycles. The Morgan fingerprint density at radius 3 is 2.68 bits per heavy atom. The van der Waals surface area contributed by atoms with Crippen LogP contribution in [0.15, 0.2) is 30.9 Å². The highest BCUT2D eigenvalue weighted by atomic mass is 16.6. The van der Waals surface area contributed by atoms with Gasteiger partial charge in [-0.1, -0.05) is 0 Å². The average Bonchev–Trinajstić information content (AvgIpc) is 3.24. The summed E-state index contributed by atoms with van der Waals surface area (Å²) in [6.45, 7) is -0.260. The molecule has 148 valence electrons. The minimum atomic E-state index is -1.26. The lowest BCUT2D eigenvalue weighted by Crippen LogP contribution is -2.33. The lowest BCUT2D eigenvalue weighted by molar-refractivity contribution is -0.0511. The van der Waals surface area contributed by atoms with E-state index in [0.717, 1.165) is 0 Å². The van der Waals surface area contributed by atoms with Crippen LogP contribution in [0.5, 0.6) is 11.5 Å². The molecule has 1 aliphatic rings. The molecule has 3 aromatic rings. The maximum Gasteiger partial charge on any atom is 0.167 e. The number of nitrogens with one attached hydrogen (secondary N) is 1. The van der Waals surface area contributed by atoms with Crippen LogP contribution in [-0.4, -0.2) is 70.0 Å². The number of aromatic hydroxyl groups is 2. The summed E-state index contributed by atoms with van der Waals surface area (Å²) in [5.41, 5.74) is 1.21. The van der Waals surface area contributed by atoms with E-state index >= 15 is 0 Å². The Morgan fingerprint density at radius 2 is 1.93 bits per heavy atom. The van der Waals surface area contributed by atoms with Gasteiger partial charge in [-0.2, -0.15) is 0 Å². The van der Waals surface area contributed by atoms with Crippen LogP contribution in [-0.2, 0) is 11.3 Å². The van der Waals surface area contributed by atoms with Crippen molar-refractivity contribution in [2.45, 2.75) is 31.1 Å². The van der Waals surface area contributed by atoms with Gasteiger partial charge in [0.2, 0.25) is 0 Å². The number of phenols is 2. The van der Waals surface area contributed by atoms with Gasteiger partial charge < -0.3 is 35.6 Å². The third-order valence-corrected chi connectivity index (χ3v) is 4.66. The fourth-order valence-electron chi connectivity index (χ4n) is 3.17. The summed E-state index contributed by atoms with van der Waals surface area (Å²) in [5.74, 6) is 0.418. The fourth-order valence-corrected chi connectivity index (χ4v) is 3.17. The van der Waals surface area contributed by atoms with Gasteiger partial charge in [-0.25, -0.2) is 15.0 Å². The van der Waals surface area contributed by atoms with Crippen molar-refractivity contribution in [1.82, 2.24) is 19.5 Å². The van der Waals surface area contributed by atoms with Crippen LogP contribution < -0.4 is 5.32 Å². The standard InChI is InChI=1S/C17H19N5O6/c23-5-11-13(26)14(27)17(28-11)22-7-21-12-15(19-6-20-16(12)22)18-4-8-3-9(24)1-2-10(8)25/h1-3,6-7,11,13-14,17,23-27H,4-5H2,(H,18,19,20)/t11-,13-,14+,17?/m1/s1. The molecular formula is C17H19N5O6. The van der Waals surface area contributed by atoms with E-state index < -0.39 is 31.1 Å². The van der Waals surface area contributed by atoms with Gasteiger partial charge in [0.05, 0.1) is 12.9 Å². The summed E-state index contributed by atoms with van der Waals surface area (Å²) in [6.07, 6.45) is -1.67. The number of aromatic nitrogens is 4. The first-order chi connectivity index (χ1) is 13.5. The smallest absolute Gasteiger partial charge is 0.167 e. The molecule has 0 saturated carbocycles. The minimum Gasteiger partial charge on any atom is -0.508 e. The number of hydrogen-bond donors (Lipinski definition) is 6. The second-order valence-corrected chi connectivity index (χ2v) is 6.44. The van der Waals surface area contributed by atoms with Gasteiger partial charge >= 0.3 is 0 Å². The van der Waals surface area contributed by atoms with E-state index in [9.17, 15) is 25.5 Å². The topological polar surface area (TPSA) is 166 Å². The predicted octanol–water partition coefficient (Wildman–Crippen LogP) is -0.539. The predicted molar refractivity (Wildman–Crippen MR) is 95.4 cm³/mol. The van der Waals surface area contributed by atoms with Crippen molar-refractivity contribution < 1.29 is 30.3 Å². The van der Waals surface area contributed by atoms with Gasteiger partial charge in [0.1, 0.15) is 36.1 Å². The van der Waals surface area contributed by atoms with Crippen molar-refractivity contribution in [3.63, 3.8) is 0 Å². The molecule has 1 saturated heterocycles. The average molecular weight is 389 g/mol. The Hall–Kier alpha value is -2.99. The minimum absolute atomic E-state index is 0.0210. The van der Waals surface area contributed by atoms with Crippen molar-refractivity contribution >= 4 is 17.0 Å². The van der Waals surface area contributed by atoms with Crippen LogP contribution in [0.1, 0.15) is 11.8 Å². The van der Waals surface area contributed by atoms with E-state index in [0.29, 0.717) is 22.5 Å². The molecule has 4 rings (SSSR count). The Balaban J connectivity index is 1.61. The number of anilines is 1. The van der Waals surface area contributed by atoms with Gasteiger partial charge in [-0.15, -0.1) is 0 Å². The number of fused-ring (bicyclic) bond motifs is 1. The second-order valence-electron chi connectivity index (χ2n) is 6.44. The van der Waals surface area contributed by atoms with Gasteiger partial charge in [0, 0.05) is 12.1 Å². The third kappa shape index (κ3) is 3.10. The SMILES string of the molecule is OC[C@H]1OC(n2cnc3c(NCc4cc(O)ccc4O)ncnc32)[C@@H](O)[C@@H]1O. The van der Waals surface area contributed by atoms with Crippen molar-refractivity contribution in [2.75, 3.05) is 11.9 Å². The summed E-state index contributed by atoms with van der Waals surface area (Å²) in [6, 6.07) is 4.20. The van der Waals surface area contributed by atoms with Crippen LogP contribution >= 0.6 is 0 Å². The molecular weight excluding hydrogens is 370 g/mol. The first-order valence-corrected chi connectivity index (χ1v) is 8.54. The maximum atomic E-state index is 10.2. The Labute approximate surface area is 158 Å². The molecule has 2 aromatic heterocycles. The Morgan fingerprint density at radius 1 is 1.11 bits per heavy atom. The van der Waals surface area contributed by atoms with Crippen LogP contribution in [0.3, 0.4) is 0 Å². The van der Waals surface area contributed by atoms with E-state index in [1.54, 1.807) is 0 Å². The van der Waals surface area contributed by atoms with Crippen molar-refractivity contribution in [1.29, 1.82) is 0 Å². The third-order valence-electron chi connectivity index (χ3n) is 4.66. The summed E-state index contributed by atoms with van der Waals surface area (Å²) >= 11 is 0. The monoisotopic (exact) mass is 389 g/mol. The molecule has 1 aromatic carbocycles. The molecule has 1 unspecified atom stereocenters. The number of hydrogen-bond acceptors (Lipinski definition) is 10. The van der Waals surface area contributed by atoms with Crippen molar-refractivity contribution in [2.24, 2.45) is 0 Å². The zero-order valence-electron chi connectivity index (χ0n) is 14.5. The van der Waals surface area contributed by atoms with E-state index in [4.69, 9.17) is 4.74 Å². The summed E-state index contributed by atoms with van der Waals surface area (Å²) < 4.78 is 6.97. The molecule has 6 N–H and O–H groups in total. The quantitative estimate of drug-likeness (QED) is 0.312. The highest BCUT2D eigenvalue weighted by Crippen LogP contribution is 2.32. The lowest BCUT2D eigenvalue weighted by Gasteiger charge is -2.16. The van der Waals surface area contributed by atoms with Crippen LogP contribution in [0.2, 0.25) is 0 Å². The number of aliphatic hydroxyl groups excluding tert-OH is 3. The number of imidazole rings is 1. The molecule has 0 radical (unpaired) electrons. The normalized spacial score (nSPS) is 24.7. The van der Waals surface area contributed by atoms with Crippen LogP contribution in [0.4, 0.5) is 5.82 Å². The molecule has 11 nitrogen and oxygen atoms in total. The van der Waals surface area contributed by atoms with Gasteiger partial charge in [0.15, 0.2) is 23.2 Å². The summed E-state index contributed by atoms with van der Waals surface area (Å²) in [4.78, 5) is 12.6. The lowest BCUT2D eigenvalue weighted by atomic mass is 10.1. The van der Waals surface area contributed by atoms with Crippen LogP contribution in [0.25, 0.3) is 11.2 Å². The first kappa shape index (κ1) is 18.4. The van der Waals surface area contributed by atoms with Gasteiger partial charge in [0.25, 0.3) is 0 Å². The Kier molecular flexibility index (Phi) is 4.73. The Bertz CT molecular complexity index is 995. The van der Waals surface area contributed by atoms with E-state index in [1.807, 2.05) is 0 Å². The molecule has 11 heteroatoms. The molecule has 1 aliphatic heterocycles. The number of rotatable bonds is 5. The number of ether oxygens (including phenoxy) is 1. The number of phenolic OH excluding ortho intramolecular Hbond substituents is 2. The first-order valence-electron chi connectivity index (χ1n) is 8.54. The molecule has 0 aliphatic carbocycles. The maximum absolute atomic E-state index is 10.2. The molecule has 0 amide bonds. The molecule has 0 bridgehead atoms.